The lowest BCUT2D eigenvalue weighted by molar-refractivity contribution is -0.114. The Balaban J connectivity index is 1.55. The molecule has 0 bridgehead atoms. The second-order valence-electron chi connectivity index (χ2n) is 6.45. The number of nitrogens with zero attached hydrogens (tertiary/aromatic N) is 4. The summed E-state index contributed by atoms with van der Waals surface area (Å²) in [5.74, 6) is 5.89. The molecule has 11 heteroatoms. The molecule has 10 nitrogen and oxygen atoms in total. The predicted octanol–water partition coefficient (Wildman–Crippen LogP) is 2.52. The molecule has 160 valence electrons. The number of carbonyl (C=O) groups excluding carboxylic acids is 2. The minimum atomic E-state index is -0.250. The molecule has 1 aromatic heterocycles. The van der Waals surface area contributed by atoms with Crippen LogP contribution in [0.2, 0.25) is 0 Å². The topological polar surface area (TPSA) is 139 Å². The van der Waals surface area contributed by atoms with Crippen LogP contribution in [0.4, 0.5) is 17.3 Å². The lowest BCUT2D eigenvalue weighted by Gasteiger charge is -2.08. The molecule has 1 heterocycles. The van der Waals surface area contributed by atoms with Gasteiger partial charge in [0.1, 0.15) is 0 Å². The van der Waals surface area contributed by atoms with Crippen LogP contribution in [0.1, 0.15) is 19.4 Å². The van der Waals surface area contributed by atoms with Gasteiger partial charge in [0.2, 0.25) is 17.0 Å². The van der Waals surface area contributed by atoms with E-state index in [2.05, 4.69) is 31.4 Å². The molecular weight excluding hydrogens is 416 g/mol. The van der Waals surface area contributed by atoms with Crippen molar-refractivity contribution in [3.05, 3.63) is 60.2 Å². The molecule has 0 saturated heterocycles. The van der Waals surface area contributed by atoms with Crippen molar-refractivity contribution in [2.75, 3.05) is 27.7 Å². The van der Waals surface area contributed by atoms with Gasteiger partial charge in [0.25, 0.3) is 5.95 Å². The van der Waals surface area contributed by atoms with E-state index in [1.807, 2.05) is 37.3 Å². The van der Waals surface area contributed by atoms with Gasteiger partial charge in [-0.3, -0.25) is 9.59 Å². The normalized spacial score (nSPS) is 11.1. The van der Waals surface area contributed by atoms with E-state index in [-0.39, 0.29) is 23.5 Å². The number of anilines is 3. The predicted molar refractivity (Wildman–Crippen MR) is 123 cm³/mol. The Morgan fingerprint density at radius 3 is 2.45 bits per heavy atom. The van der Waals surface area contributed by atoms with Gasteiger partial charge < -0.3 is 16.5 Å². The second-order valence-corrected chi connectivity index (χ2v) is 7.39. The summed E-state index contributed by atoms with van der Waals surface area (Å²) in [5.41, 5.74) is 5.68. The lowest BCUT2D eigenvalue weighted by atomic mass is 10.1. The third-order valence-electron chi connectivity index (χ3n) is 3.98. The van der Waals surface area contributed by atoms with Crippen molar-refractivity contribution in [2.45, 2.75) is 19.0 Å². The van der Waals surface area contributed by atoms with Crippen LogP contribution in [0.25, 0.3) is 0 Å². The molecule has 0 fully saturated rings. The van der Waals surface area contributed by atoms with Crippen molar-refractivity contribution in [3.63, 3.8) is 0 Å². The fourth-order valence-electron chi connectivity index (χ4n) is 2.53. The summed E-state index contributed by atoms with van der Waals surface area (Å²) < 4.78 is 1.23. The van der Waals surface area contributed by atoms with Gasteiger partial charge in [-0.05, 0) is 30.7 Å². The zero-order chi connectivity index (χ0) is 22.2. The van der Waals surface area contributed by atoms with Gasteiger partial charge in [0, 0.05) is 18.3 Å². The Hall–Kier alpha value is -3.86. The van der Waals surface area contributed by atoms with Gasteiger partial charge in [-0.2, -0.15) is 5.10 Å². The summed E-state index contributed by atoms with van der Waals surface area (Å²) in [7, 11) is 0. The van der Waals surface area contributed by atoms with Crippen LogP contribution in [0.15, 0.2) is 64.9 Å². The third-order valence-corrected chi connectivity index (χ3v) is 4.92. The molecule has 0 aliphatic heterocycles. The van der Waals surface area contributed by atoms with E-state index in [4.69, 9.17) is 5.84 Å². The van der Waals surface area contributed by atoms with E-state index in [1.165, 1.54) is 11.6 Å². The van der Waals surface area contributed by atoms with Gasteiger partial charge >= 0.3 is 0 Å². The van der Waals surface area contributed by atoms with Gasteiger partial charge in [-0.25, -0.2) is 10.1 Å². The first-order valence-electron chi connectivity index (χ1n) is 9.29. The zero-order valence-electron chi connectivity index (χ0n) is 17.0. The maximum Gasteiger partial charge on any atom is 0.264 e. The Bertz CT molecular complexity index is 1100. The van der Waals surface area contributed by atoms with Crippen LogP contribution in [0.3, 0.4) is 0 Å². The molecule has 0 aliphatic rings. The van der Waals surface area contributed by atoms with Crippen LogP contribution in [-0.4, -0.2) is 38.2 Å². The highest BCUT2D eigenvalue weighted by molar-refractivity contribution is 7.99. The number of hydrogen-bond acceptors (Lipinski definition) is 8. The highest BCUT2D eigenvalue weighted by Gasteiger charge is 2.12. The van der Waals surface area contributed by atoms with Crippen LogP contribution in [-0.2, 0) is 9.59 Å². The third kappa shape index (κ3) is 6.31. The van der Waals surface area contributed by atoms with E-state index in [0.29, 0.717) is 16.5 Å². The SMILES string of the molecule is CC(=O)Nc1cccc(NC(=O)CSc2nnc(N/N=C(\C)c3ccccc3)n2N)c1. The Morgan fingerprint density at radius 2 is 1.74 bits per heavy atom. The number of aromatic nitrogens is 3. The molecule has 3 rings (SSSR count). The fraction of sp³-hybridized carbons (Fsp3) is 0.150. The molecule has 2 amide bonds. The number of hydrogen-bond donors (Lipinski definition) is 4. The first kappa shape index (κ1) is 21.8. The summed E-state index contributed by atoms with van der Waals surface area (Å²) in [6.45, 7) is 3.28. The Morgan fingerprint density at radius 1 is 1.03 bits per heavy atom. The molecule has 0 saturated carbocycles. The van der Waals surface area contributed by atoms with E-state index >= 15 is 0 Å². The van der Waals surface area contributed by atoms with E-state index in [1.54, 1.807) is 24.3 Å². The maximum absolute atomic E-state index is 12.3. The van der Waals surface area contributed by atoms with Crippen molar-refractivity contribution >= 4 is 46.6 Å². The number of amides is 2. The number of thioether (sulfide) groups is 1. The monoisotopic (exact) mass is 438 g/mol. The van der Waals surface area contributed by atoms with Crippen LogP contribution < -0.4 is 21.9 Å². The van der Waals surface area contributed by atoms with Crippen molar-refractivity contribution < 1.29 is 9.59 Å². The first-order chi connectivity index (χ1) is 14.9. The number of hydrazone groups is 1. The summed E-state index contributed by atoms with van der Waals surface area (Å²) in [4.78, 5) is 23.4. The zero-order valence-corrected chi connectivity index (χ0v) is 17.8. The summed E-state index contributed by atoms with van der Waals surface area (Å²) >= 11 is 1.13. The number of benzene rings is 2. The average molecular weight is 439 g/mol. The minimum Gasteiger partial charge on any atom is -0.334 e. The fourth-order valence-corrected chi connectivity index (χ4v) is 3.19. The van der Waals surface area contributed by atoms with E-state index < -0.39 is 0 Å². The highest BCUT2D eigenvalue weighted by Crippen LogP contribution is 2.19. The van der Waals surface area contributed by atoms with Gasteiger partial charge in [-0.1, -0.05) is 48.2 Å². The lowest BCUT2D eigenvalue weighted by Crippen LogP contribution is -2.17. The van der Waals surface area contributed by atoms with Crippen molar-refractivity contribution in [2.24, 2.45) is 5.10 Å². The van der Waals surface area contributed by atoms with Crippen LogP contribution in [0.5, 0.6) is 0 Å². The summed E-state index contributed by atoms with van der Waals surface area (Å²) in [5, 5.41) is 18.0. The number of carbonyl (C=O) groups is 2. The number of nitrogens with two attached hydrogens (primary N) is 1. The van der Waals surface area contributed by atoms with Crippen LogP contribution >= 0.6 is 11.8 Å². The first-order valence-corrected chi connectivity index (χ1v) is 10.3. The Labute approximate surface area is 183 Å². The molecule has 0 aliphatic carbocycles. The highest BCUT2D eigenvalue weighted by atomic mass is 32.2. The standard InChI is InChI=1S/C20H22N8O2S/c1-13(15-7-4-3-5-8-15)24-25-19-26-27-20(28(19)21)31-12-18(30)23-17-10-6-9-16(11-17)22-14(2)29/h3-11H,12,21H2,1-2H3,(H,22,29)(H,23,30)(H,25,26)/b24-13+. The minimum absolute atomic E-state index is 0.0754. The van der Waals surface area contributed by atoms with E-state index in [9.17, 15) is 9.59 Å². The molecule has 31 heavy (non-hydrogen) atoms. The summed E-state index contributed by atoms with van der Waals surface area (Å²) in [6.07, 6.45) is 0. The quantitative estimate of drug-likeness (QED) is 0.183. The number of nitrogen functional groups attached to an aromatic ring is 1. The molecule has 0 spiro atoms. The maximum atomic E-state index is 12.3. The van der Waals surface area contributed by atoms with Gasteiger partial charge in [0.05, 0.1) is 11.5 Å². The Kier molecular flexibility index (Phi) is 7.22. The smallest absolute Gasteiger partial charge is 0.264 e. The number of rotatable bonds is 8. The van der Waals surface area contributed by atoms with Crippen LogP contribution in [0, 0.1) is 0 Å². The van der Waals surface area contributed by atoms with E-state index in [0.717, 1.165) is 23.0 Å². The van der Waals surface area contributed by atoms with Crippen molar-refractivity contribution in [3.8, 4) is 0 Å². The average Bonchev–Trinajstić information content (AvgIpc) is 3.10. The molecule has 2 aromatic carbocycles. The number of nitrogens with one attached hydrogen (secondary N) is 3. The van der Waals surface area contributed by atoms with Crippen molar-refractivity contribution in [1.82, 2.24) is 14.9 Å². The molecule has 0 atom stereocenters. The largest absolute Gasteiger partial charge is 0.334 e. The van der Waals surface area contributed by atoms with Crippen molar-refractivity contribution in [1.29, 1.82) is 0 Å². The molecule has 5 N–H and O–H groups in total. The summed E-state index contributed by atoms with van der Waals surface area (Å²) in [6, 6.07) is 16.5. The molecular formula is C20H22N8O2S. The second kappa shape index (κ2) is 10.3. The molecule has 0 unspecified atom stereocenters. The van der Waals surface area contributed by atoms with Gasteiger partial charge in [-0.15, -0.1) is 10.2 Å². The molecule has 3 aromatic rings. The van der Waals surface area contributed by atoms with Gasteiger partial charge in [0.15, 0.2) is 0 Å². The molecule has 0 radical (unpaired) electrons.